The van der Waals surface area contributed by atoms with Crippen LogP contribution in [-0.4, -0.2) is 27.4 Å². The minimum absolute atomic E-state index is 0.377. The molecule has 0 fully saturated rings. The molecule has 1 aliphatic heterocycles. The van der Waals surface area contributed by atoms with Gasteiger partial charge in [-0.1, -0.05) is 0 Å². The number of ether oxygens (including phenoxy) is 1. The molecule has 0 amide bonds. The zero-order valence-electron chi connectivity index (χ0n) is 9.02. The van der Waals surface area contributed by atoms with Gasteiger partial charge in [0.2, 0.25) is 5.88 Å². The number of pyridine rings is 1. The summed E-state index contributed by atoms with van der Waals surface area (Å²) in [6.07, 6.45) is 1.44. The topological polar surface area (TPSA) is 77.0 Å². The van der Waals surface area contributed by atoms with Crippen molar-refractivity contribution in [3.05, 3.63) is 27.0 Å². The molecule has 0 aliphatic carbocycles. The quantitative estimate of drug-likeness (QED) is 0.783. The summed E-state index contributed by atoms with van der Waals surface area (Å²) < 4.78 is 6.72. The third kappa shape index (κ3) is 1.39. The number of rotatable bonds is 1. The van der Waals surface area contributed by atoms with Gasteiger partial charge in [0.15, 0.2) is 0 Å². The molecule has 0 spiro atoms. The highest BCUT2D eigenvalue weighted by Crippen LogP contribution is 2.35. The first-order valence-electron chi connectivity index (χ1n) is 5.05. The molecule has 0 saturated heterocycles. The summed E-state index contributed by atoms with van der Waals surface area (Å²) in [5.74, 6) is 1.22. The lowest BCUT2D eigenvalue weighted by atomic mass is 10.3. The lowest BCUT2D eigenvalue weighted by Crippen LogP contribution is -2.32. The number of aromatic nitrogens is 3. The number of methoxy groups -OCH3 is 1. The van der Waals surface area contributed by atoms with E-state index in [1.54, 1.807) is 16.3 Å². The van der Waals surface area contributed by atoms with Crippen LogP contribution in [0, 0.1) is 0 Å². The number of H-pyrrole nitrogens is 1. The highest BCUT2D eigenvalue weighted by Gasteiger charge is 2.20. The van der Waals surface area contributed by atoms with Crippen LogP contribution >= 0.6 is 11.8 Å². The molecule has 6 nitrogen and oxygen atoms in total. The molecule has 0 saturated carbocycles. The predicted octanol–water partition coefficient (Wildman–Crippen LogP) is 0.199. The van der Waals surface area contributed by atoms with Crippen LogP contribution in [0.4, 0.5) is 0 Å². The minimum Gasteiger partial charge on any atom is -0.480 e. The van der Waals surface area contributed by atoms with Gasteiger partial charge < -0.3 is 4.74 Å². The van der Waals surface area contributed by atoms with Crippen molar-refractivity contribution < 1.29 is 4.74 Å². The van der Waals surface area contributed by atoms with Crippen molar-refractivity contribution in [1.82, 2.24) is 14.5 Å². The first-order valence-corrected chi connectivity index (χ1v) is 6.03. The SMILES string of the molecule is COc1ncc2c(=O)[nH]c(=O)n3c2c1SCC3. The van der Waals surface area contributed by atoms with E-state index in [2.05, 4.69) is 9.97 Å². The Morgan fingerprint density at radius 3 is 3.12 bits per heavy atom. The van der Waals surface area contributed by atoms with E-state index in [0.29, 0.717) is 23.3 Å². The van der Waals surface area contributed by atoms with E-state index in [0.717, 1.165) is 10.6 Å². The maximum Gasteiger partial charge on any atom is 0.328 e. The van der Waals surface area contributed by atoms with Gasteiger partial charge in [0, 0.05) is 18.5 Å². The van der Waals surface area contributed by atoms with Crippen molar-refractivity contribution in [3.63, 3.8) is 0 Å². The summed E-state index contributed by atoms with van der Waals surface area (Å²) in [6.45, 7) is 0.580. The molecule has 0 bridgehead atoms. The van der Waals surface area contributed by atoms with Gasteiger partial charge >= 0.3 is 5.69 Å². The second-order valence-electron chi connectivity index (χ2n) is 3.62. The minimum atomic E-state index is -0.403. The van der Waals surface area contributed by atoms with Crippen LogP contribution in [0.15, 0.2) is 20.7 Å². The Hall–Kier alpha value is -1.76. The van der Waals surface area contributed by atoms with Crippen molar-refractivity contribution in [1.29, 1.82) is 0 Å². The summed E-state index contributed by atoms with van der Waals surface area (Å²) in [4.78, 5) is 30.5. The fourth-order valence-corrected chi connectivity index (χ4v) is 3.06. The van der Waals surface area contributed by atoms with Crippen molar-refractivity contribution >= 4 is 22.7 Å². The van der Waals surface area contributed by atoms with Gasteiger partial charge in [0.05, 0.1) is 22.9 Å². The Balaban J connectivity index is 2.58. The summed E-state index contributed by atoms with van der Waals surface area (Å²) in [5, 5.41) is 0.424. The van der Waals surface area contributed by atoms with E-state index in [4.69, 9.17) is 4.74 Å². The number of nitrogens with one attached hydrogen (secondary N) is 1. The van der Waals surface area contributed by atoms with Gasteiger partial charge in [-0.05, 0) is 0 Å². The van der Waals surface area contributed by atoms with Gasteiger partial charge in [-0.15, -0.1) is 11.8 Å². The van der Waals surface area contributed by atoms with Crippen molar-refractivity contribution in [3.8, 4) is 5.88 Å². The smallest absolute Gasteiger partial charge is 0.328 e. The number of hydrogen-bond donors (Lipinski definition) is 1. The van der Waals surface area contributed by atoms with Crippen LogP contribution < -0.4 is 16.0 Å². The number of thioether (sulfide) groups is 1. The Labute approximate surface area is 99.6 Å². The Morgan fingerprint density at radius 2 is 2.35 bits per heavy atom. The molecule has 7 heteroatoms. The molecule has 0 aromatic carbocycles. The molecule has 17 heavy (non-hydrogen) atoms. The molecule has 3 heterocycles. The first-order chi connectivity index (χ1) is 8.22. The van der Waals surface area contributed by atoms with E-state index in [1.807, 2.05) is 0 Å². The van der Waals surface area contributed by atoms with E-state index < -0.39 is 5.56 Å². The average molecular weight is 251 g/mol. The number of aromatic amines is 1. The van der Waals surface area contributed by atoms with Crippen LogP contribution in [0.3, 0.4) is 0 Å². The second-order valence-corrected chi connectivity index (χ2v) is 4.72. The van der Waals surface area contributed by atoms with E-state index in [1.165, 1.54) is 13.3 Å². The van der Waals surface area contributed by atoms with Gasteiger partial charge in [0.1, 0.15) is 0 Å². The maximum atomic E-state index is 11.7. The Kier molecular flexibility index (Phi) is 2.22. The molecule has 1 aliphatic rings. The Morgan fingerprint density at radius 1 is 1.53 bits per heavy atom. The molecule has 3 rings (SSSR count). The average Bonchev–Trinajstić information content (AvgIpc) is 2.35. The monoisotopic (exact) mass is 251 g/mol. The summed E-state index contributed by atoms with van der Waals surface area (Å²) in [5.41, 5.74) is -0.153. The van der Waals surface area contributed by atoms with Crippen LogP contribution in [-0.2, 0) is 6.54 Å². The van der Waals surface area contributed by atoms with Gasteiger partial charge in [-0.25, -0.2) is 9.78 Å². The molecular formula is C10H9N3O3S. The molecule has 0 radical (unpaired) electrons. The molecule has 2 aromatic heterocycles. The van der Waals surface area contributed by atoms with E-state index >= 15 is 0 Å². The number of nitrogens with zero attached hydrogens (tertiary/aromatic N) is 2. The molecule has 88 valence electrons. The lowest BCUT2D eigenvalue weighted by Gasteiger charge is -2.18. The molecular weight excluding hydrogens is 242 g/mol. The van der Waals surface area contributed by atoms with Crippen molar-refractivity contribution in [2.24, 2.45) is 0 Å². The molecule has 1 N–H and O–H groups in total. The van der Waals surface area contributed by atoms with E-state index in [-0.39, 0.29) is 5.69 Å². The fraction of sp³-hybridized carbons (Fsp3) is 0.300. The van der Waals surface area contributed by atoms with E-state index in [9.17, 15) is 9.59 Å². The third-order valence-corrected chi connectivity index (χ3v) is 3.75. The van der Waals surface area contributed by atoms with Crippen molar-refractivity contribution in [2.45, 2.75) is 11.4 Å². The first kappa shape index (κ1) is 10.4. The molecule has 0 atom stereocenters. The maximum absolute atomic E-state index is 11.7. The summed E-state index contributed by atoms with van der Waals surface area (Å²) >= 11 is 1.55. The summed E-state index contributed by atoms with van der Waals surface area (Å²) in [7, 11) is 1.52. The standard InChI is InChI=1S/C10H9N3O3S/c1-16-9-7-6-5(4-11-9)8(14)12-10(15)13(6)2-3-17-7/h4H,2-3H2,1H3,(H,12,14,15). The van der Waals surface area contributed by atoms with Crippen LogP contribution in [0.2, 0.25) is 0 Å². The highest BCUT2D eigenvalue weighted by molar-refractivity contribution is 7.99. The zero-order chi connectivity index (χ0) is 12.0. The molecule has 2 aromatic rings. The Bertz CT molecular complexity index is 719. The molecule has 0 unspecified atom stereocenters. The third-order valence-electron chi connectivity index (χ3n) is 2.71. The van der Waals surface area contributed by atoms with Gasteiger partial charge in [0.25, 0.3) is 5.56 Å². The highest BCUT2D eigenvalue weighted by atomic mass is 32.2. The summed E-state index contributed by atoms with van der Waals surface area (Å²) in [6, 6.07) is 0. The zero-order valence-corrected chi connectivity index (χ0v) is 9.84. The lowest BCUT2D eigenvalue weighted by molar-refractivity contribution is 0.387. The van der Waals surface area contributed by atoms with Crippen LogP contribution in [0.1, 0.15) is 0 Å². The fourth-order valence-electron chi connectivity index (χ4n) is 1.96. The second kappa shape index (κ2) is 3.63. The van der Waals surface area contributed by atoms with Gasteiger partial charge in [-0.3, -0.25) is 14.3 Å². The van der Waals surface area contributed by atoms with Crippen molar-refractivity contribution in [2.75, 3.05) is 12.9 Å². The van der Waals surface area contributed by atoms with Crippen LogP contribution in [0.5, 0.6) is 5.88 Å². The normalized spacial score (nSPS) is 13.9. The van der Waals surface area contributed by atoms with Crippen LogP contribution in [0.25, 0.3) is 10.9 Å². The largest absolute Gasteiger partial charge is 0.480 e. The number of hydrogen-bond acceptors (Lipinski definition) is 5. The van der Waals surface area contributed by atoms with Gasteiger partial charge in [-0.2, -0.15) is 0 Å². The predicted molar refractivity (Wildman–Crippen MR) is 63.9 cm³/mol. The number of aryl methyl sites for hydroxylation is 1.